The van der Waals surface area contributed by atoms with Crippen LogP contribution in [0.1, 0.15) is 64.1 Å². The number of aromatic nitrogens is 2. The highest BCUT2D eigenvalue weighted by Gasteiger charge is 2.32. The Balaban J connectivity index is 2.21. The molecule has 0 amide bonds. The molecule has 0 aliphatic heterocycles. The van der Waals surface area contributed by atoms with Crippen molar-refractivity contribution in [3.63, 3.8) is 0 Å². The fraction of sp³-hybridized carbons (Fsp3) is 0.786. The molecule has 1 fully saturated rings. The third-order valence-electron chi connectivity index (χ3n) is 3.80. The van der Waals surface area contributed by atoms with Crippen molar-refractivity contribution >= 4 is 15.9 Å². The first-order chi connectivity index (χ1) is 8.65. The number of halogens is 1. The summed E-state index contributed by atoms with van der Waals surface area (Å²) >= 11 is 3.68. The normalized spacial score (nSPS) is 24.1. The van der Waals surface area contributed by atoms with Crippen molar-refractivity contribution in [3.05, 3.63) is 16.4 Å². The summed E-state index contributed by atoms with van der Waals surface area (Å²) in [7, 11) is 0. The van der Waals surface area contributed by atoms with Gasteiger partial charge in [-0.05, 0) is 55.6 Å². The van der Waals surface area contributed by atoms with Gasteiger partial charge in [0.2, 0.25) is 0 Å². The lowest BCUT2D eigenvalue weighted by Crippen LogP contribution is -2.33. The number of rotatable bonds is 5. The topological polar surface area (TPSA) is 29.9 Å². The van der Waals surface area contributed by atoms with E-state index in [2.05, 4.69) is 51.8 Å². The van der Waals surface area contributed by atoms with Gasteiger partial charge in [-0.25, -0.2) is 0 Å². The number of hydrogen-bond donors (Lipinski definition) is 1. The maximum Gasteiger partial charge on any atom is 0.0635 e. The van der Waals surface area contributed by atoms with Gasteiger partial charge in [-0.2, -0.15) is 5.10 Å². The average Bonchev–Trinajstić information content (AvgIpc) is 2.92. The van der Waals surface area contributed by atoms with Crippen LogP contribution in [0.4, 0.5) is 0 Å². The Morgan fingerprint density at radius 1 is 1.50 bits per heavy atom. The lowest BCUT2D eigenvalue weighted by Gasteiger charge is -2.23. The fourth-order valence-electron chi connectivity index (χ4n) is 2.97. The molecule has 1 aromatic rings. The van der Waals surface area contributed by atoms with Gasteiger partial charge in [-0.15, -0.1) is 0 Å². The first kappa shape index (κ1) is 14.1. The number of nitrogens with zero attached hydrogens (tertiary/aromatic N) is 2. The van der Waals surface area contributed by atoms with E-state index in [9.17, 15) is 0 Å². The molecular formula is C14H24BrN3. The van der Waals surface area contributed by atoms with Crippen molar-refractivity contribution < 1.29 is 0 Å². The zero-order valence-corrected chi connectivity index (χ0v) is 13.2. The molecule has 18 heavy (non-hydrogen) atoms. The Labute approximate surface area is 118 Å². The minimum Gasteiger partial charge on any atom is -0.313 e. The van der Waals surface area contributed by atoms with E-state index in [-0.39, 0.29) is 0 Å². The molecule has 1 aromatic heterocycles. The standard InChI is InChI=1S/C14H24BrN3/c1-4-8-16-13-7-5-6-11(13)14-12(15)9-17-18(14)10(2)3/h9-11,13,16H,4-8H2,1-3H3. The molecule has 0 aromatic carbocycles. The number of hydrogen-bond acceptors (Lipinski definition) is 2. The maximum absolute atomic E-state index is 4.52. The van der Waals surface area contributed by atoms with E-state index in [1.165, 1.54) is 35.8 Å². The molecule has 4 heteroatoms. The molecule has 1 aliphatic carbocycles. The Morgan fingerprint density at radius 3 is 2.94 bits per heavy atom. The molecule has 0 spiro atoms. The van der Waals surface area contributed by atoms with Gasteiger partial charge in [0.05, 0.1) is 16.4 Å². The van der Waals surface area contributed by atoms with Crippen molar-refractivity contribution in [2.24, 2.45) is 0 Å². The van der Waals surface area contributed by atoms with E-state index in [1.807, 2.05) is 6.20 Å². The summed E-state index contributed by atoms with van der Waals surface area (Å²) in [4.78, 5) is 0. The van der Waals surface area contributed by atoms with Crippen molar-refractivity contribution in [1.82, 2.24) is 15.1 Å². The van der Waals surface area contributed by atoms with Gasteiger partial charge in [0.15, 0.2) is 0 Å². The summed E-state index contributed by atoms with van der Waals surface area (Å²) in [5.74, 6) is 0.607. The molecule has 102 valence electrons. The second-order valence-electron chi connectivity index (χ2n) is 5.51. The smallest absolute Gasteiger partial charge is 0.0635 e. The quantitative estimate of drug-likeness (QED) is 0.894. The van der Waals surface area contributed by atoms with Gasteiger partial charge in [0.1, 0.15) is 0 Å². The lowest BCUT2D eigenvalue weighted by atomic mass is 9.99. The highest BCUT2D eigenvalue weighted by molar-refractivity contribution is 9.10. The monoisotopic (exact) mass is 313 g/mol. The molecule has 1 heterocycles. The Kier molecular flexibility index (Phi) is 4.84. The highest BCUT2D eigenvalue weighted by Crippen LogP contribution is 2.38. The van der Waals surface area contributed by atoms with Gasteiger partial charge in [-0.3, -0.25) is 4.68 Å². The van der Waals surface area contributed by atoms with Crippen LogP contribution in [0.2, 0.25) is 0 Å². The summed E-state index contributed by atoms with van der Waals surface area (Å²) in [5.41, 5.74) is 1.39. The van der Waals surface area contributed by atoms with Crippen LogP contribution >= 0.6 is 15.9 Å². The summed E-state index contributed by atoms with van der Waals surface area (Å²) in [6, 6.07) is 1.05. The lowest BCUT2D eigenvalue weighted by molar-refractivity contribution is 0.429. The molecule has 3 nitrogen and oxygen atoms in total. The minimum absolute atomic E-state index is 0.429. The second kappa shape index (κ2) is 6.20. The van der Waals surface area contributed by atoms with Crippen LogP contribution in [0, 0.1) is 0 Å². The highest BCUT2D eigenvalue weighted by atomic mass is 79.9. The van der Waals surface area contributed by atoms with Crippen LogP contribution in [0.3, 0.4) is 0 Å². The van der Waals surface area contributed by atoms with E-state index in [0.29, 0.717) is 18.0 Å². The predicted molar refractivity (Wildman–Crippen MR) is 79.0 cm³/mol. The molecule has 1 N–H and O–H groups in total. The van der Waals surface area contributed by atoms with Crippen molar-refractivity contribution in [3.8, 4) is 0 Å². The van der Waals surface area contributed by atoms with E-state index in [4.69, 9.17) is 0 Å². The van der Waals surface area contributed by atoms with Crippen LogP contribution in [-0.4, -0.2) is 22.4 Å². The Morgan fingerprint density at radius 2 is 2.28 bits per heavy atom. The predicted octanol–water partition coefficient (Wildman–Crippen LogP) is 3.86. The molecular weight excluding hydrogens is 290 g/mol. The van der Waals surface area contributed by atoms with E-state index in [1.54, 1.807) is 0 Å². The van der Waals surface area contributed by atoms with Crippen molar-refractivity contribution in [1.29, 1.82) is 0 Å². The van der Waals surface area contributed by atoms with E-state index < -0.39 is 0 Å². The zero-order valence-electron chi connectivity index (χ0n) is 11.6. The van der Waals surface area contributed by atoms with Crippen molar-refractivity contribution in [2.75, 3.05) is 6.54 Å². The first-order valence-corrected chi connectivity index (χ1v) is 7.90. The zero-order chi connectivity index (χ0) is 13.1. The largest absolute Gasteiger partial charge is 0.313 e. The maximum atomic E-state index is 4.52. The van der Waals surface area contributed by atoms with E-state index >= 15 is 0 Å². The molecule has 2 rings (SSSR count). The van der Waals surface area contributed by atoms with Gasteiger partial charge in [0, 0.05) is 18.0 Å². The van der Waals surface area contributed by atoms with E-state index in [0.717, 1.165) is 6.54 Å². The summed E-state index contributed by atoms with van der Waals surface area (Å²) in [6.07, 6.45) is 7.04. The fourth-order valence-corrected chi connectivity index (χ4v) is 3.54. The third-order valence-corrected chi connectivity index (χ3v) is 4.41. The summed E-state index contributed by atoms with van der Waals surface area (Å²) < 4.78 is 3.35. The van der Waals surface area contributed by atoms with Crippen LogP contribution in [0.5, 0.6) is 0 Å². The SMILES string of the molecule is CCCNC1CCCC1c1c(Br)cnn1C(C)C. The van der Waals surface area contributed by atoms with Crippen LogP contribution in [-0.2, 0) is 0 Å². The Bertz CT molecular complexity index is 386. The molecule has 0 radical (unpaired) electrons. The van der Waals surface area contributed by atoms with Crippen LogP contribution in [0.15, 0.2) is 10.7 Å². The minimum atomic E-state index is 0.429. The average molecular weight is 314 g/mol. The molecule has 2 atom stereocenters. The molecule has 0 bridgehead atoms. The summed E-state index contributed by atoms with van der Waals surface area (Å²) in [5, 5.41) is 8.22. The van der Waals surface area contributed by atoms with Crippen LogP contribution < -0.4 is 5.32 Å². The molecule has 2 unspecified atom stereocenters. The Hall–Kier alpha value is -0.350. The van der Waals surface area contributed by atoms with Gasteiger partial charge >= 0.3 is 0 Å². The molecule has 1 saturated carbocycles. The second-order valence-corrected chi connectivity index (χ2v) is 6.37. The molecule has 1 aliphatic rings. The van der Waals surface area contributed by atoms with Gasteiger partial charge in [-0.1, -0.05) is 13.3 Å². The molecule has 0 saturated heterocycles. The van der Waals surface area contributed by atoms with Gasteiger partial charge in [0.25, 0.3) is 0 Å². The van der Waals surface area contributed by atoms with Crippen molar-refractivity contribution in [2.45, 2.75) is 64.5 Å². The number of nitrogens with one attached hydrogen (secondary N) is 1. The summed E-state index contributed by atoms with van der Waals surface area (Å²) in [6.45, 7) is 7.75. The van der Waals surface area contributed by atoms with Crippen LogP contribution in [0.25, 0.3) is 0 Å². The first-order valence-electron chi connectivity index (χ1n) is 7.11. The van der Waals surface area contributed by atoms with Gasteiger partial charge < -0.3 is 5.32 Å². The third kappa shape index (κ3) is 2.80.